The Balaban J connectivity index is 0.000000366. The lowest BCUT2D eigenvalue weighted by molar-refractivity contribution is 0.865. The van der Waals surface area contributed by atoms with Gasteiger partial charge in [-0.1, -0.05) is 90.1 Å². The molecular weight excluding hydrogens is 264 g/mol. The van der Waals surface area contributed by atoms with Crippen LogP contribution in [0.25, 0.3) is 0 Å². The second-order valence-electron chi connectivity index (χ2n) is 5.53. The maximum atomic E-state index is 2.23. The molecule has 22 heavy (non-hydrogen) atoms. The molecule has 0 spiro atoms. The van der Waals surface area contributed by atoms with Gasteiger partial charge >= 0.3 is 0 Å². The van der Waals surface area contributed by atoms with E-state index in [1.165, 1.54) is 22.3 Å². The average molecular weight is 299 g/mol. The van der Waals surface area contributed by atoms with Crippen molar-refractivity contribution in [2.24, 2.45) is 0 Å². The number of hydrogen-bond donors (Lipinski definition) is 0. The maximum absolute atomic E-state index is 2.23. The summed E-state index contributed by atoms with van der Waals surface area (Å²) in [4.78, 5) is 0. The minimum Gasteiger partial charge on any atom is -0.0683 e. The molecule has 0 aliphatic heterocycles. The molecule has 0 saturated heterocycles. The van der Waals surface area contributed by atoms with Gasteiger partial charge in [-0.15, -0.1) is 0 Å². The van der Waals surface area contributed by atoms with Crippen LogP contribution in [0.15, 0.2) is 48.5 Å². The van der Waals surface area contributed by atoms with Crippen molar-refractivity contribution in [2.45, 2.75) is 67.2 Å². The maximum Gasteiger partial charge on any atom is -0.0219 e. The predicted octanol–water partition coefficient (Wildman–Crippen LogP) is 6.96. The molecule has 0 heteroatoms. The summed E-state index contributed by atoms with van der Waals surface area (Å²) < 4.78 is 0. The lowest BCUT2D eigenvalue weighted by atomic mass is 10.0. The van der Waals surface area contributed by atoms with Crippen LogP contribution in [-0.4, -0.2) is 0 Å². The molecule has 122 valence electrons. The fraction of sp³-hybridized carbons (Fsp3) is 0.455. The van der Waals surface area contributed by atoms with Gasteiger partial charge in [-0.3, -0.25) is 0 Å². The summed E-state index contributed by atoms with van der Waals surface area (Å²) >= 11 is 0. The number of benzene rings is 2. The van der Waals surface area contributed by atoms with Crippen molar-refractivity contribution < 1.29 is 0 Å². The first kappa shape index (κ1) is 20.4. The van der Waals surface area contributed by atoms with E-state index in [0.29, 0.717) is 5.92 Å². The summed E-state index contributed by atoms with van der Waals surface area (Å²) in [6.07, 6.45) is 2.28. The second kappa shape index (κ2) is 12.0. The third-order valence-corrected chi connectivity index (χ3v) is 3.70. The molecule has 2 aromatic carbocycles. The SMILES string of the molecule is CC.CCc1ccc(C(C)C)cc1.CCc1ccccc1C. The highest BCUT2D eigenvalue weighted by molar-refractivity contribution is 5.25. The Morgan fingerprint density at radius 2 is 1.32 bits per heavy atom. The van der Waals surface area contributed by atoms with E-state index >= 15 is 0 Å². The normalized spacial score (nSPS) is 9.45. The fourth-order valence-corrected chi connectivity index (χ4v) is 2.15. The van der Waals surface area contributed by atoms with Gasteiger partial charge in [0.05, 0.1) is 0 Å². The molecule has 0 bridgehead atoms. The molecule has 0 aromatic heterocycles. The van der Waals surface area contributed by atoms with Gasteiger partial charge in [0, 0.05) is 0 Å². The average Bonchev–Trinajstić information content (AvgIpc) is 2.58. The zero-order valence-electron chi connectivity index (χ0n) is 15.6. The van der Waals surface area contributed by atoms with Gasteiger partial charge in [0.25, 0.3) is 0 Å². The van der Waals surface area contributed by atoms with Crippen LogP contribution in [0.1, 0.15) is 69.7 Å². The van der Waals surface area contributed by atoms with Crippen molar-refractivity contribution in [3.8, 4) is 0 Å². The molecule has 0 atom stereocenters. The van der Waals surface area contributed by atoms with Crippen molar-refractivity contribution in [3.05, 3.63) is 70.8 Å². The van der Waals surface area contributed by atoms with Crippen LogP contribution in [0.4, 0.5) is 0 Å². The monoisotopic (exact) mass is 298 g/mol. The largest absolute Gasteiger partial charge is 0.0683 e. The summed E-state index contributed by atoms with van der Waals surface area (Å²) in [5.41, 5.74) is 5.72. The summed E-state index contributed by atoms with van der Waals surface area (Å²) in [5, 5.41) is 0. The highest BCUT2D eigenvalue weighted by Gasteiger charge is 1.96. The first-order chi connectivity index (χ1) is 10.6. The molecule has 0 amide bonds. The zero-order chi connectivity index (χ0) is 17.0. The quantitative estimate of drug-likeness (QED) is 0.574. The number of aryl methyl sites for hydroxylation is 3. The van der Waals surface area contributed by atoms with Gasteiger partial charge in [-0.05, 0) is 47.9 Å². The first-order valence-electron chi connectivity index (χ1n) is 8.71. The van der Waals surface area contributed by atoms with Crippen molar-refractivity contribution in [3.63, 3.8) is 0 Å². The molecule has 0 fully saturated rings. The van der Waals surface area contributed by atoms with Gasteiger partial charge in [-0.25, -0.2) is 0 Å². The van der Waals surface area contributed by atoms with Crippen LogP contribution in [-0.2, 0) is 12.8 Å². The van der Waals surface area contributed by atoms with E-state index in [1.807, 2.05) is 13.8 Å². The lowest BCUT2D eigenvalue weighted by Crippen LogP contribution is -1.87. The third-order valence-electron chi connectivity index (χ3n) is 3.70. The van der Waals surface area contributed by atoms with Crippen LogP contribution >= 0.6 is 0 Å². The minimum absolute atomic E-state index is 0.654. The highest BCUT2D eigenvalue weighted by atomic mass is 14.0. The predicted molar refractivity (Wildman–Crippen MR) is 102 cm³/mol. The van der Waals surface area contributed by atoms with Gasteiger partial charge in [-0.2, -0.15) is 0 Å². The van der Waals surface area contributed by atoms with E-state index in [4.69, 9.17) is 0 Å². The Morgan fingerprint density at radius 1 is 0.773 bits per heavy atom. The van der Waals surface area contributed by atoms with Crippen molar-refractivity contribution in [1.29, 1.82) is 0 Å². The molecule has 0 N–H and O–H groups in total. The Kier molecular flexibility index (Phi) is 11.2. The molecule has 0 aliphatic rings. The van der Waals surface area contributed by atoms with Gasteiger partial charge in [0.15, 0.2) is 0 Å². The van der Waals surface area contributed by atoms with E-state index in [0.717, 1.165) is 12.8 Å². The van der Waals surface area contributed by atoms with Crippen LogP contribution < -0.4 is 0 Å². The second-order valence-corrected chi connectivity index (χ2v) is 5.53. The molecule has 0 unspecified atom stereocenters. The van der Waals surface area contributed by atoms with E-state index in [1.54, 1.807) is 0 Å². The molecule has 2 rings (SSSR count). The molecule has 0 nitrogen and oxygen atoms in total. The summed E-state index contributed by atoms with van der Waals surface area (Å²) in [7, 11) is 0. The Hall–Kier alpha value is -1.56. The number of rotatable bonds is 3. The van der Waals surface area contributed by atoms with Crippen LogP contribution in [0.3, 0.4) is 0 Å². The van der Waals surface area contributed by atoms with Crippen molar-refractivity contribution >= 4 is 0 Å². The van der Waals surface area contributed by atoms with Gasteiger partial charge < -0.3 is 0 Å². The number of hydrogen-bond acceptors (Lipinski definition) is 0. The van der Waals surface area contributed by atoms with Crippen LogP contribution in [0, 0.1) is 6.92 Å². The molecule has 2 aromatic rings. The summed E-state index contributed by atoms with van der Waals surface area (Å²) in [6.45, 7) is 15.0. The van der Waals surface area contributed by atoms with E-state index < -0.39 is 0 Å². The molecule has 0 radical (unpaired) electrons. The molecule has 0 heterocycles. The smallest absolute Gasteiger partial charge is 0.0219 e. The Morgan fingerprint density at radius 3 is 1.68 bits per heavy atom. The van der Waals surface area contributed by atoms with E-state index in [9.17, 15) is 0 Å². The highest BCUT2D eigenvalue weighted by Crippen LogP contribution is 2.14. The first-order valence-corrected chi connectivity index (χ1v) is 8.71. The summed E-state index contributed by atoms with van der Waals surface area (Å²) in [5.74, 6) is 0.654. The van der Waals surface area contributed by atoms with Crippen molar-refractivity contribution in [1.82, 2.24) is 0 Å². The zero-order valence-corrected chi connectivity index (χ0v) is 15.6. The third kappa shape index (κ3) is 7.45. The molecular formula is C22H34. The van der Waals surface area contributed by atoms with Gasteiger partial charge in [0.2, 0.25) is 0 Å². The van der Waals surface area contributed by atoms with Crippen molar-refractivity contribution in [2.75, 3.05) is 0 Å². The Labute approximate surface area is 138 Å². The van der Waals surface area contributed by atoms with Crippen LogP contribution in [0.5, 0.6) is 0 Å². The van der Waals surface area contributed by atoms with Crippen LogP contribution in [0.2, 0.25) is 0 Å². The van der Waals surface area contributed by atoms with Gasteiger partial charge in [0.1, 0.15) is 0 Å². The Bertz CT molecular complexity index is 492. The summed E-state index contributed by atoms with van der Waals surface area (Å²) in [6, 6.07) is 17.4. The standard InChI is InChI=1S/C11H16.C9H12.C2H6/c1-4-10-5-7-11(8-6-10)9(2)3;1-3-9-7-5-4-6-8(9)2;1-2/h5-9H,4H2,1-3H3;4-7H,3H2,1-2H3;1-2H3. The fourth-order valence-electron chi connectivity index (χ4n) is 2.15. The topological polar surface area (TPSA) is 0 Å². The molecule has 0 saturated carbocycles. The van der Waals surface area contributed by atoms with E-state index in [-0.39, 0.29) is 0 Å². The molecule has 0 aliphatic carbocycles. The lowest BCUT2D eigenvalue weighted by Gasteiger charge is -2.04. The minimum atomic E-state index is 0.654. The van der Waals surface area contributed by atoms with E-state index in [2.05, 4.69) is 83.1 Å².